The molecule has 0 aliphatic heterocycles. The van der Waals surface area contributed by atoms with Crippen LogP contribution in [0.5, 0.6) is 0 Å². The normalized spacial score (nSPS) is 10.3. The van der Waals surface area contributed by atoms with E-state index in [0.29, 0.717) is 5.00 Å². The van der Waals surface area contributed by atoms with Crippen molar-refractivity contribution >= 4 is 34.3 Å². The number of carbonyl (C=O) groups is 3. The fourth-order valence-electron chi connectivity index (χ4n) is 1.31. The first-order valence-corrected chi connectivity index (χ1v) is 6.92. The van der Waals surface area contributed by atoms with Crippen molar-refractivity contribution < 1.29 is 23.9 Å². The maximum atomic E-state index is 11.7. The van der Waals surface area contributed by atoms with Gasteiger partial charge in [-0.3, -0.25) is 10.1 Å². The van der Waals surface area contributed by atoms with Gasteiger partial charge < -0.3 is 14.8 Å². The maximum Gasteiger partial charge on any atom is 0.414 e. The lowest BCUT2D eigenvalue weighted by atomic mass is 10.3. The van der Waals surface area contributed by atoms with Crippen molar-refractivity contribution in [2.45, 2.75) is 6.92 Å². The van der Waals surface area contributed by atoms with Crippen LogP contribution < -0.4 is 10.6 Å². The molecular formula is C13H13N3O5S. The number of esters is 1. The van der Waals surface area contributed by atoms with Crippen molar-refractivity contribution in [1.82, 2.24) is 5.32 Å². The van der Waals surface area contributed by atoms with Crippen LogP contribution in [0.4, 0.5) is 9.80 Å². The Kier molecular flexibility index (Phi) is 6.59. The van der Waals surface area contributed by atoms with Crippen molar-refractivity contribution in [1.29, 1.82) is 5.26 Å². The largest absolute Gasteiger partial charge is 0.465 e. The lowest BCUT2D eigenvalue weighted by Crippen LogP contribution is -2.32. The van der Waals surface area contributed by atoms with Gasteiger partial charge in [0.25, 0.3) is 5.91 Å². The number of alkyl carbamates (subject to hydrolysis) is 1. The molecule has 9 heteroatoms. The van der Waals surface area contributed by atoms with Crippen molar-refractivity contribution in [3.63, 3.8) is 0 Å². The van der Waals surface area contributed by atoms with E-state index in [1.807, 2.05) is 5.32 Å². The van der Waals surface area contributed by atoms with Crippen molar-refractivity contribution in [3.8, 4) is 6.07 Å². The Hall–Kier alpha value is -2.86. The van der Waals surface area contributed by atoms with Crippen molar-refractivity contribution in [3.05, 3.63) is 28.8 Å². The first-order valence-electron chi connectivity index (χ1n) is 6.04. The molecule has 0 saturated carbocycles. The number of ether oxygens (including phenoxy) is 2. The Bertz CT molecular complexity index is 644. The number of hydrogen-bond acceptors (Lipinski definition) is 8. The Labute approximate surface area is 130 Å². The van der Waals surface area contributed by atoms with Gasteiger partial charge in [-0.1, -0.05) is 0 Å². The minimum absolute atomic E-state index is 0.0979. The standard InChI is InChI=1S/C13H13N3O5S/c1-3-21-13(19)16-10(17)8(6-14)7-15-11-9(4-5-22-11)12(18)20-2/h4-5,7,15H,3H2,1-2H3,(H,16,17,19)/b8-7-. The quantitative estimate of drug-likeness (QED) is 0.480. The molecule has 0 atom stereocenters. The highest BCUT2D eigenvalue weighted by atomic mass is 32.1. The molecule has 1 rings (SSSR count). The summed E-state index contributed by atoms with van der Waals surface area (Å²) in [6.07, 6.45) is 0.146. The highest BCUT2D eigenvalue weighted by Crippen LogP contribution is 2.24. The molecule has 2 N–H and O–H groups in total. The van der Waals surface area contributed by atoms with Crippen LogP contribution in [0.3, 0.4) is 0 Å². The molecule has 0 aliphatic carbocycles. The Balaban J connectivity index is 2.80. The fraction of sp³-hybridized carbons (Fsp3) is 0.231. The zero-order valence-electron chi connectivity index (χ0n) is 11.8. The number of carbonyl (C=O) groups excluding carboxylic acids is 3. The smallest absolute Gasteiger partial charge is 0.414 e. The summed E-state index contributed by atoms with van der Waals surface area (Å²) in [6.45, 7) is 1.68. The van der Waals surface area contributed by atoms with E-state index in [-0.39, 0.29) is 17.7 Å². The first-order chi connectivity index (χ1) is 10.5. The number of hydrogen-bond donors (Lipinski definition) is 2. The summed E-state index contributed by atoms with van der Waals surface area (Å²) in [4.78, 5) is 34.3. The third kappa shape index (κ3) is 4.60. The fourth-order valence-corrected chi connectivity index (χ4v) is 2.05. The molecule has 116 valence electrons. The number of nitrogens with one attached hydrogen (secondary N) is 2. The van der Waals surface area contributed by atoms with Crippen LogP contribution in [-0.2, 0) is 14.3 Å². The van der Waals surface area contributed by atoms with Gasteiger partial charge in [-0.15, -0.1) is 11.3 Å². The second-order valence-corrected chi connectivity index (χ2v) is 4.56. The SMILES string of the molecule is CCOC(=O)NC(=O)/C(C#N)=C\Nc1sccc1C(=O)OC. The van der Waals surface area contributed by atoms with E-state index in [4.69, 9.17) is 5.26 Å². The number of rotatable bonds is 5. The number of nitriles is 1. The van der Waals surface area contributed by atoms with Crippen LogP contribution >= 0.6 is 11.3 Å². The minimum Gasteiger partial charge on any atom is -0.465 e. The number of nitrogens with zero attached hydrogens (tertiary/aromatic N) is 1. The highest BCUT2D eigenvalue weighted by Gasteiger charge is 2.15. The van der Waals surface area contributed by atoms with E-state index >= 15 is 0 Å². The van der Waals surface area contributed by atoms with Gasteiger partial charge in [-0.05, 0) is 18.4 Å². The highest BCUT2D eigenvalue weighted by molar-refractivity contribution is 7.14. The third-order valence-corrected chi connectivity index (χ3v) is 3.12. The number of amides is 2. The minimum atomic E-state index is -0.944. The molecule has 1 aromatic heterocycles. The lowest BCUT2D eigenvalue weighted by molar-refractivity contribution is -0.116. The van der Waals surface area contributed by atoms with Crippen LogP contribution in [0.15, 0.2) is 23.2 Å². The van der Waals surface area contributed by atoms with Gasteiger partial charge in [-0.2, -0.15) is 5.26 Å². The second-order valence-electron chi connectivity index (χ2n) is 3.64. The molecular weight excluding hydrogens is 310 g/mol. The van der Waals surface area contributed by atoms with Crippen molar-refractivity contribution in [2.75, 3.05) is 19.0 Å². The Morgan fingerprint density at radius 1 is 1.45 bits per heavy atom. The van der Waals surface area contributed by atoms with E-state index in [0.717, 1.165) is 6.20 Å². The predicted molar refractivity (Wildman–Crippen MR) is 78.1 cm³/mol. The summed E-state index contributed by atoms with van der Waals surface area (Å²) in [7, 11) is 1.24. The molecule has 0 aliphatic rings. The number of thiophene rings is 1. The lowest BCUT2D eigenvalue weighted by Gasteiger charge is -2.04. The molecule has 1 aromatic rings. The average Bonchev–Trinajstić information content (AvgIpc) is 2.95. The van der Waals surface area contributed by atoms with Gasteiger partial charge in [0.2, 0.25) is 0 Å². The number of imide groups is 1. The van der Waals surface area contributed by atoms with Crippen LogP contribution in [0.25, 0.3) is 0 Å². The van der Waals surface area contributed by atoms with E-state index in [2.05, 4.69) is 14.8 Å². The first kappa shape index (κ1) is 17.2. The van der Waals surface area contributed by atoms with Gasteiger partial charge in [-0.25, -0.2) is 9.59 Å². The molecule has 0 bridgehead atoms. The predicted octanol–water partition coefficient (Wildman–Crippen LogP) is 1.63. The molecule has 1 heterocycles. The van der Waals surface area contributed by atoms with Gasteiger partial charge in [0.15, 0.2) is 0 Å². The topological polar surface area (TPSA) is 118 Å². The summed E-state index contributed by atoms with van der Waals surface area (Å²) in [5.41, 5.74) is -0.0795. The van der Waals surface area contributed by atoms with Crippen LogP contribution in [-0.4, -0.2) is 31.7 Å². The monoisotopic (exact) mass is 323 g/mol. The van der Waals surface area contributed by atoms with Gasteiger partial charge in [0.1, 0.15) is 16.6 Å². The molecule has 2 amide bonds. The van der Waals surface area contributed by atoms with E-state index in [9.17, 15) is 14.4 Å². The molecule has 8 nitrogen and oxygen atoms in total. The zero-order chi connectivity index (χ0) is 16.5. The van der Waals surface area contributed by atoms with Gasteiger partial charge in [0, 0.05) is 6.20 Å². The molecule has 0 saturated heterocycles. The maximum absolute atomic E-state index is 11.7. The molecule has 0 unspecified atom stereocenters. The molecule has 22 heavy (non-hydrogen) atoms. The molecule has 0 aromatic carbocycles. The van der Waals surface area contributed by atoms with Crippen LogP contribution in [0.2, 0.25) is 0 Å². The van der Waals surface area contributed by atoms with E-state index in [1.54, 1.807) is 18.4 Å². The summed E-state index contributed by atoms with van der Waals surface area (Å²) in [6, 6.07) is 3.18. The Morgan fingerprint density at radius 2 is 2.18 bits per heavy atom. The Morgan fingerprint density at radius 3 is 2.77 bits per heavy atom. The third-order valence-electron chi connectivity index (χ3n) is 2.27. The van der Waals surface area contributed by atoms with E-state index in [1.165, 1.54) is 24.5 Å². The number of methoxy groups -OCH3 is 1. The molecule has 0 radical (unpaired) electrons. The second kappa shape index (κ2) is 8.43. The zero-order valence-corrected chi connectivity index (χ0v) is 12.7. The average molecular weight is 323 g/mol. The van der Waals surface area contributed by atoms with Gasteiger partial charge >= 0.3 is 12.1 Å². The summed E-state index contributed by atoms with van der Waals surface area (Å²) >= 11 is 1.19. The number of anilines is 1. The van der Waals surface area contributed by atoms with Crippen molar-refractivity contribution in [2.24, 2.45) is 0 Å². The van der Waals surface area contributed by atoms with Gasteiger partial charge in [0.05, 0.1) is 19.3 Å². The van der Waals surface area contributed by atoms with Crippen LogP contribution in [0.1, 0.15) is 17.3 Å². The van der Waals surface area contributed by atoms with Crippen LogP contribution in [0, 0.1) is 11.3 Å². The molecule has 0 spiro atoms. The molecule has 0 fully saturated rings. The summed E-state index contributed by atoms with van der Waals surface area (Å²) in [5, 5.41) is 15.5. The summed E-state index contributed by atoms with van der Waals surface area (Å²) < 4.78 is 9.13. The van der Waals surface area contributed by atoms with E-state index < -0.39 is 18.0 Å². The summed E-state index contributed by atoms with van der Waals surface area (Å²) in [5.74, 6) is -1.46.